The lowest BCUT2D eigenvalue weighted by Crippen LogP contribution is -2.36. The summed E-state index contributed by atoms with van der Waals surface area (Å²) in [6.45, 7) is 8.19. The second-order valence-corrected chi connectivity index (χ2v) is 5.75. The number of carbonyl (C=O) groups excluding carboxylic acids is 1. The number of halogens is 1. The second-order valence-electron chi connectivity index (χ2n) is 5.38. The number of carbonyl (C=O) groups is 1. The fraction of sp³-hybridized carbons (Fsp3) is 0.667. The third-order valence-electron chi connectivity index (χ3n) is 3.83. The predicted molar refractivity (Wildman–Crippen MR) is 83.8 cm³/mol. The molecule has 0 aromatic carbocycles. The summed E-state index contributed by atoms with van der Waals surface area (Å²) in [7, 11) is 0. The summed E-state index contributed by atoms with van der Waals surface area (Å²) in [5.74, 6) is 0.721. The lowest BCUT2D eigenvalue weighted by molar-refractivity contribution is 0.0760. The molecule has 0 radical (unpaired) electrons. The zero-order valence-electron chi connectivity index (χ0n) is 12.8. The minimum absolute atomic E-state index is 0.0811. The van der Waals surface area contributed by atoms with Gasteiger partial charge in [0, 0.05) is 32.1 Å². The molecule has 6 heteroatoms. The second kappa shape index (κ2) is 7.71. The summed E-state index contributed by atoms with van der Waals surface area (Å²) >= 11 is 5.80. The molecule has 1 aromatic heterocycles. The number of hydrogen-bond acceptors (Lipinski definition) is 4. The number of aryl methyl sites for hydroxylation is 2. The van der Waals surface area contributed by atoms with Crippen LogP contribution in [0.3, 0.4) is 0 Å². The van der Waals surface area contributed by atoms with Crippen molar-refractivity contribution < 1.29 is 4.79 Å². The van der Waals surface area contributed by atoms with Crippen LogP contribution in [0.4, 0.5) is 0 Å². The van der Waals surface area contributed by atoms with Crippen LogP contribution in [0.2, 0.25) is 0 Å². The number of amides is 1. The van der Waals surface area contributed by atoms with E-state index in [4.69, 9.17) is 11.6 Å². The largest absolute Gasteiger partial charge is 0.337 e. The van der Waals surface area contributed by atoms with E-state index in [1.807, 2.05) is 24.8 Å². The fourth-order valence-electron chi connectivity index (χ4n) is 2.65. The first-order chi connectivity index (χ1) is 10.2. The molecule has 21 heavy (non-hydrogen) atoms. The molecule has 1 saturated heterocycles. The maximum absolute atomic E-state index is 12.8. The van der Waals surface area contributed by atoms with Gasteiger partial charge in [0.2, 0.25) is 0 Å². The minimum atomic E-state index is 0.0811. The van der Waals surface area contributed by atoms with E-state index in [1.165, 1.54) is 0 Å². The van der Waals surface area contributed by atoms with Gasteiger partial charge in [-0.2, -0.15) is 10.2 Å². The highest BCUT2D eigenvalue weighted by Crippen LogP contribution is 2.13. The van der Waals surface area contributed by atoms with Crippen LogP contribution in [0.25, 0.3) is 0 Å². The Kier molecular flexibility index (Phi) is 5.94. The third-order valence-corrected chi connectivity index (χ3v) is 4.00. The number of hydrogen-bond donors (Lipinski definition) is 0. The summed E-state index contributed by atoms with van der Waals surface area (Å²) in [5, 5.41) is 8.20. The predicted octanol–water partition coefficient (Wildman–Crippen LogP) is 1.73. The molecule has 1 amide bonds. The van der Waals surface area contributed by atoms with Gasteiger partial charge in [-0.1, -0.05) is 6.92 Å². The van der Waals surface area contributed by atoms with Crippen LogP contribution < -0.4 is 0 Å². The Morgan fingerprint density at radius 3 is 2.81 bits per heavy atom. The Morgan fingerprint density at radius 1 is 1.29 bits per heavy atom. The van der Waals surface area contributed by atoms with Crippen LogP contribution >= 0.6 is 11.6 Å². The van der Waals surface area contributed by atoms with Crippen LogP contribution in [0.1, 0.15) is 35.1 Å². The van der Waals surface area contributed by atoms with E-state index in [0.717, 1.165) is 57.0 Å². The molecule has 0 N–H and O–H groups in total. The molecular formula is C15H23ClN4O. The zero-order chi connectivity index (χ0) is 15.2. The van der Waals surface area contributed by atoms with E-state index < -0.39 is 0 Å². The molecule has 1 aromatic rings. The Bertz CT molecular complexity index is 495. The lowest BCUT2D eigenvalue weighted by Gasteiger charge is -2.22. The molecule has 5 nitrogen and oxygen atoms in total. The van der Waals surface area contributed by atoms with E-state index in [2.05, 4.69) is 15.1 Å². The standard InChI is InChI=1S/C15H23ClN4O/c1-3-14-13(11-12(2)17-18-14)15(21)20-7-4-6-19(8-5-16)9-10-20/h11H,3-10H2,1-2H3. The van der Waals surface area contributed by atoms with E-state index in [-0.39, 0.29) is 5.91 Å². The zero-order valence-corrected chi connectivity index (χ0v) is 13.6. The first-order valence-corrected chi connectivity index (χ1v) is 8.10. The molecule has 0 unspecified atom stereocenters. The average Bonchev–Trinajstić information content (AvgIpc) is 2.72. The van der Waals surface area contributed by atoms with Crippen LogP contribution in [0, 0.1) is 6.92 Å². The molecular weight excluding hydrogens is 288 g/mol. The molecule has 0 spiro atoms. The van der Waals surface area contributed by atoms with Crippen LogP contribution in [-0.2, 0) is 6.42 Å². The van der Waals surface area contributed by atoms with Gasteiger partial charge in [0.15, 0.2) is 0 Å². The van der Waals surface area contributed by atoms with Gasteiger partial charge in [0.05, 0.1) is 17.0 Å². The Hall–Kier alpha value is -1.20. The highest BCUT2D eigenvalue weighted by atomic mass is 35.5. The van der Waals surface area contributed by atoms with Gasteiger partial charge >= 0.3 is 0 Å². The van der Waals surface area contributed by atoms with Crippen molar-refractivity contribution in [3.8, 4) is 0 Å². The van der Waals surface area contributed by atoms with E-state index in [9.17, 15) is 4.79 Å². The number of alkyl halides is 1. The Labute approximate surface area is 131 Å². The monoisotopic (exact) mass is 310 g/mol. The number of rotatable bonds is 4. The number of aromatic nitrogens is 2. The molecule has 1 aliphatic rings. The first-order valence-electron chi connectivity index (χ1n) is 7.56. The summed E-state index contributed by atoms with van der Waals surface area (Å²) < 4.78 is 0. The van der Waals surface area contributed by atoms with Crippen molar-refractivity contribution in [1.82, 2.24) is 20.0 Å². The Morgan fingerprint density at radius 2 is 2.10 bits per heavy atom. The topological polar surface area (TPSA) is 49.3 Å². The van der Waals surface area contributed by atoms with Gasteiger partial charge in [-0.05, 0) is 32.4 Å². The summed E-state index contributed by atoms with van der Waals surface area (Å²) in [4.78, 5) is 17.0. The number of nitrogens with zero attached hydrogens (tertiary/aromatic N) is 4. The molecule has 0 saturated carbocycles. The van der Waals surface area contributed by atoms with Crippen molar-refractivity contribution >= 4 is 17.5 Å². The van der Waals surface area contributed by atoms with Crippen LogP contribution in [0.15, 0.2) is 6.07 Å². The van der Waals surface area contributed by atoms with Crippen molar-refractivity contribution in [2.75, 3.05) is 38.6 Å². The van der Waals surface area contributed by atoms with E-state index in [1.54, 1.807) is 0 Å². The van der Waals surface area contributed by atoms with Gasteiger partial charge in [0.1, 0.15) is 0 Å². The SMILES string of the molecule is CCc1nnc(C)cc1C(=O)N1CCCN(CCCl)CC1. The van der Waals surface area contributed by atoms with Crippen molar-refractivity contribution in [2.45, 2.75) is 26.7 Å². The van der Waals surface area contributed by atoms with Crippen LogP contribution in [-0.4, -0.2) is 64.5 Å². The maximum Gasteiger partial charge on any atom is 0.255 e. The minimum Gasteiger partial charge on any atom is -0.337 e. The van der Waals surface area contributed by atoms with Gasteiger partial charge in [0.25, 0.3) is 5.91 Å². The molecule has 0 bridgehead atoms. The van der Waals surface area contributed by atoms with Gasteiger partial charge in [-0.15, -0.1) is 11.6 Å². The van der Waals surface area contributed by atoms with Crippen molar-refractivity contribution in [1.29, 1.82) is 0 Å². The quantitative estimate of drug-likeness (QED) is 0.795. The highest BCUT2D eigenvalue weighted by Gasteiger charge is 2.22. The van der Waals surface area contributed by atoms with Crippen LogP contribution in [0.5, 0.6) is 0 Å². The van der Waals surface area contributed by atoms with Gasteiger partial charge in [-0.25, -0.2) is 0 Å². The normalized spacial score (nSPS) is 16.8. The average molecular weight is 311 g/mol. The molecule has 1 fully saturated rings. The summed E-state index contributed by atoms with van der Waals surface area (Å²) in [5.41, 5.74) is 2.28. The van der Waals surface area contributed by atoms with Gasteiger partial charge in [-0.3, -0.25) is 4.79 Å². The van der Waals surface area contributed by atoms with Crippen molar-refractivity contribution in [2.24, 2.45) is 0 Å². The van der Waals surface area contributed by atoms with E-state index >= 15 is 0 Å². The molecule has 2 rings (SSSR count). The molecule has 0 atom stereocenters. The van der Waals surface area contributed by atoms with Crippen molar-refractivity contribution in [3.63, 3.8) is 0 Å². The molecule has 116 valence electrons. The van der Waals surface area contributed by atoms with Crippen molar-refractivity contribution in [3.05, 3.63) is 23.0 Å². The summed E-state index contributed by atoms with van der Waals surface area (Å²) in [6.07, 6.45) is 1.71. The van der Waals surface area contributed by atoms with E-state index in [0.29, 0.717) is 11.4 Å². The fourth-order valence-corrected chi connectivity index (χ4v) is 2.89. The third kappa shape index (κ3) is 4.14. The highest BCUT2D eigenvalue weighted by molar-refractivity contribution is 6.18. The lowest BCUT2D eigenvalue weighted by atomic mass is 10.1. The Balaban J connectivity index is 2.11. The summed E-state index contributed by atoms with van der Waals surface area (Å²) in [6, 6.07) is 1.86. The molecule has 0 aliphatic carbocycles. The smallest absolute Gasteiger partial charge is 0.255 e. The van der Waals surface area contributed by atoms with Gasteiger partial charge < -0.3 is 9.80 Å². The maximum atomic E-state index is 12.8. The molecule has 1 aliphatic heterocycles. The first kappa shape index (κ1) is 16.2. The molecule has 2 heterocycles.